The fourth-order valence-corrected chi connectivity index (χ4v) is 2.38. The molecule has 0 aromatic heterocycles. The second-order valence-electron chi connectivity index (χ2n) is 5.36. The second-order valence-corrected chi connectivity index (χ2v) is 5.36. The molecule has 2 amide bonds. The number of para-hydroxylation sites is 4. The Morgan fingerprint density at radius 1 is 1.08 bits per heavy atom. The Labute approximate surface area is 144 Å². The van der Waals surface area contributed by atoms with E-state index < -0.39 is 11.8 Å². The maximum Gasteiger partial charge on any atom is 0.313 e. The van der Waals surface area contributed by atoms with Crippen LogP contribution in [0.3, 0.4) is 0 Å². The lowest BCUT2D eigenvalue weighted by Gasteiger charge is -2.26. The molecule has 1 heterocycles. The molecule has 130 valence electrons. The van der Waals surface area contributed by atoms with Gasteiger partial charge in [-0.1, -0.05) is 24.3 Å². The van der Waals surface area contributed by atoms with Gasteiger partial charge in [0.25, 0.3) is 0 Å². The molecule has 0 spiro atoms. The number of amides is 2. The van der Waals surface area contributed by atoms with Gasteiger partial charge in [0.05, 0.1) is 19.3 Å². The van der Waals surface area contributed by atoms with E-state index >= 15 is 0 Å². The van der Waals surface area contributed by atoms with E-state index in [9.17, 15) is 9.59 Å². The minimum absolute atomic E-state index is 0.159. The van der Waals surface area contributed by atoms with Gasteiger partial charge in [-0.15, -0.1) is 0 Å². The van der Waals surface area contributed by atoms with Crippen LogP contribution in [0.5, 0.6) is 17.2 Å². The second kappa shape index (κ2) is 7.57. The van der Waals surface area contributed by atoms with E-state index in [1.165, 1.54) is 7.11 Å². The monoisotopic (exact) mass is 342 g/mol. The van der Waals surface area contributed by atoms with Crippen molar-refractivity contribution in [2.45, 2.75) is 6.10 Å². The highest BCUT2D eigenvalue weighted by molar-refractivity contribution is 6.39. The summed E-state index contributed by atoms with van der Waals surface area (Å²) in [4.78, 5) is 24.0. The molecule has 2 aromatic rings. The lowest BCUT2D eigenvalue weighted by Crippen LogP contribution is -2.44. The largest absolute Gasteiger partial charge is 0.495 e. The van der Waals surface area contributed by atoms with Gasteiger partial charge in [0.2, 0.25) is 0 Å². The van der Waals surface area contributed by atoms with Crippen LogP contribution in [0.15, 0.2) is 48.5 Å². The molecule has 2 N–H and O–H groups in total. The Balaban J connectivity index is 1.52. The van der Waals surface area contributed by atoms with Crippen LogP contribution in [0.2, 0.25) is 0 Å². The molecule has 0 radical (unpaired) electrons. The van der Waals surface area contributed by atoms with Gasteiger partial charge in [0.15, 0.2) is 11.5 Å². The smallest absolute Gasteiger partial charge is 0.313 e. The first-order valence-electron chi connectivity index (χ1n) is 7.78. The maximum absolute atomic E-state index is 12.0. The Morgan fingerprint density at radius 3 is 2.60 bits per heavy atom. The number of rotatable bonds is 4. The molecule has 1 aliphatic rings. The van der Waals surface area contributed by atoms with E-state index in [1.54, 1.807) is 30.3 Å². The molecule has 1 atom stereocenters. The average Bonchev–Trinajstić information content (AvgIpc) is 2.66. The van der Waals surface area contributed by atoms with Gasteiger partial charge in [-0.2, -0.15) is 0 Å². The number of carbonyl (C=O) groups excluding carboxylic acids is 2. The van der Waals surface area contributed by atoms with E-state index in [0.29, 0.717) is 29.5 Å². The predicted molar refractivity (Wildman–Crippen MR) is 91.0 cm³/mol. The van der Waals surface area contributed by atoms with Gasteiger partial charge in [0, 0.05) is 0 Å². The molecule has 0 saturated heterocycles. The molecule has 2 aromatic carbocycles. The van der Waals surface area contributed by atoms with Crippen LogP contribution in [-0.2, 0) is 9.59 Å². The van der Waals surface area contributed by atoms with Crippen molar-refractivity contribution in [1.29, 1.82) is 0 Å². The first-order valence-corrected chi connectivity index (χ1v) is 7.78. The minimum atomic E-state index is -0.776. The minimum Gasteiger partial charge on any atom is -0.495 e. The SMILES string of the molecule is COc1ccccc1NC(=O)C(=O)NC[C@@H]1COc2ccccc2O1. The van der Waals surface area contributed by atoms with Crippen LogP contribution >= 0.6 is 0 Å². The maximum atomic E-state index is 12.0. The van der Waals surface area contributed by atoms with Gasteiger partial charge >= 0.3 is 11.8 Å². The Hall–Kier alpha value is -3.22. The molecule has 0 fully saturated rings. The van der Waals surface area contributed by atoms with Crippen molar-refractivity contribution >= 4 is 17.5 Å². The standard InChI is InChI=1S/C18H18N2O5/c1-23-14-7-3-2-6-13(14)20-18(22)17(21)19-10-12-11-24-15-8-4-5-9-16(15)25-12/h2-9,12H,10-11H2,1H3,(H,19,21)(H,20,22)/t12-/m1/s1. The van der Waals surface area contributed by atoms with Crippen molar-refractivity contribution in [1.82, 2.24) is 5.32 Å². The summed E-state index contributed by atoms with van der Waals surface area (Å²) >= 11 is 0. The number of anilines is 1. The third kappa shape index (κ3) is 4.00. The zero-order valence-electron chi connectivity index (χ0n) is 13.7. The van der Waals surface area contributed by atoms with Crippen molar-refractivity contribution in [3.8, 4) is 17.2 Å². The third-order valence-corrected chi connectivity index (χ3v) is 3.62. The van der Waals surface area contributed by atoms with Crippen molar-refractivity contribution in [3.05, 3.63) is 48.5 Å². The molecule has 25 heavy (non-hydrogen) atoms. The summed E-state index contributed by atoms with van der Waals surface area (Å²) in [7, 11) is 1.49. The zero-order chi connectivity index (χ0) is 17.6. The molecule has 7 nitrogen and oxygen atoms in total. The summed E-state index contributed by atoms with van der Waals surface area (Å²) in [5, 5.41) is 5.06. The van der Waals surface area contributed by atoms with Crippen LogP contribution < -0.4 is 24.8 Å². The summed E-state index contributed by atoms with van der Waals surface area (Å²) in [5.74, 6) is 0.227. The van der Waals surface area contributed by atoms with Gasteiger partial charge in [-0.3, -0.25) is 9.59 Å². The lowest BCUT2D eigenvalue weighted by atomic mass is 10.2. The normalized spacial score (nSPS) is 15.2. The van der Waals surface area contributed by atoms with Gasteiger partial charge in [-0.05, 0) is 24.3 Å². The summed E-state index contributed by atoms with van der Waals surface area (Å²) in [6.45, 7) is 0.456. The molecule has 7 heteroatoms. The van der Waals surface area contributed by atoms with Gasteiger partial charge in [-0.25, -0.2) is 0 Å². The molecule has 1 aliphatic heterocycles. The van der Waals surface area contributed by atoms with Gasteiger partial charge in [0.1, 0.15) is 18.5 Å². The summed E-state index contributed by atoms with van der Waals surface area (Å²) in [6.07, 6.45) is -0.363. The van der Waals surface area contributed by atoms with Crippen molar-refractivity contribution < 1.29 is 23.8 Å². The first-order chi connectivity index (χ1) is 12.2. The molecule has 0 saturated carbocycles. The first kappa shape index (κ1) is 16.6. The van der Waals surface area contributed by atoms with Crippen molar-refractivity contribution in [3.63, 3.8) is 0 Å². The van der Waals surface area contributed by atoms with Crippen LogP contribution in [0, 0.1) is 0 Å². The van der Waals surface area contributed by atoms with Crippen LogP contribution in [0.4, 0.5) is 5.69 Å². The highest BCUT2D eigenvalue weighted by Gasteiger charge is 2.23. The topological polar surface area (TPSA) is 85.9 Å². The van der Waals surface area contributed by atoms with E-state index in [4.69, 9.17) is 14.2 Å². The third-order valence-electron chi connectivity index (χ3n) is 3.62. The molecular weight excluding hydrogens is 324 g/mol. The number of carbonyl (C=O) groups is 2. The number of hydrogen-bond donors (Lipinski definition) is 2. The van der Waals surface area contributed by atoms with Crippen LogP contribution in [0.25, 0.3) is 0 Å². The average molecular weight is 342 g/mol. The number of methoxy groups -OCH3 is 1. The lowest BCUT2D eigenvalue weighted by molar-refractivity contribution is -0.136. The zero-order valence-corrected chi connectivity index (χ0v) is 13.7. The van der Waals surface area contributed by atoms with E-state index in [1.807, 2.05) is 18.2 Å². The summed E-state index contributed by atoms with van der Waals surface area (Å²) < 4.78 is 16.4. The number of benzene rings is 2. The van der Waals surface area contributed by atoms with Crippen LogP contribution in [-0.4, -0.2) is 38.2 Å². The van der Waals surface area contributed by atoms with Crippen molar-refractivity contribution in [2.75, 3.05) is 25.6 Å². The number of fused-ring (bicyclic) bond motifs is 1. The van der Waals surface area contributed by atoms with Crippen LogP contribution in [0.1, 0.15) is 0 Å². The Kier molecular flexibility index (Phi) is 5.03. The summed E-state index contributed by atoms with van der Waals surface area (Å²) in [6, 6.07) is 14.1. The highest BCUT2D eigenvalue weighted by Crippen LogP contribution is 2.30. The van der Waals surface area contributed by atoms with E-state index in [-0.39, 0.29) is 12.6 Å². The number of nitrogens with one attached hydrogen (secondary N) is 2. The predicted octanol–water partition coefficient (Wildman–Crippen LogP) is 1.59. The van der Waals surface area contributed by atoms with Crippen molar-refractivity contribution in [2.24, 2.45) is 0 Å². The Morgan fingerprint density at radius 2 is 1.80 bits per heavy atom. The molecule has 0 unspecified atom stereocenters. The number of ether oxygens (including phenoxy) is 3. The quantitative estimate of drug-likeness (QED) is 0.824. The van der Waals surface area contributed by atoms with Gasteiger partial charge < -0.3 is 24.8 Å². The fourth-order valence-electron chi connectivity index (χ4n) is 2.38. The molecule has 0 bridgehead atoms. The molecule has 0 aliphatic carbocycles. The van der Waals surface area contributed by atoms with E-state index in [2.05, 4.69) is 10.6 Å². The molecular formula is C18H18N2O5. The fraction of sp³-hybridized carbons (Fsp3) is 0.222. The molecule has 3 rings (SSSR count). The highest BCUT2D eigenvalue weighted by atomic mass is 16.6. The van der Waals surface area contributed by atoms with E-state index in [0.717, 1.165) is 0 Å². The summed E-state index contributed by atoms with van der Waals surface area (Å²) in [5.41, 5.74) is 0.427. The number of hydrogen-bond acceptors (Lipinski definition) is 5. The Bertz CT molecular complexity index is 778.